The summed E-state index contributed by atoms with van der Waals surface area (Å²) in [7, 11) is 1.66. The second-order valence-corrected chi connectivity index (χ2v) is 4.45. The molecule has 0 fully saturated rings. The predicted octanol–water partition coefficient (Wildman–Crippen LogP) is 1.29. The Morgan fingerprint density at radius 3 is 3.00 bits per heavy atom. The number of likely N-dealkylation sites (N-methyl/N-ethyl adjacent to an activating group) is 1. The highest BCUT2D eigenvalue weighted by Gasteiger charge is 2.28. The van der Waals surface area contributed by atoms with Crippen LogP contribution in [0, 0.1) is 5.92 Å². The van der Waals surface area contributed by atoms with Crippen molar-refractivity contribution in [1.82, 2.24) is 5.32 Å². The minimum atomic E-state index is -0.144. The molecule has 1 amide bonds. The van der Waals surface area contributed by atoms with Crippen molar-refractivity contribution in [2.75, 3.05) is 12.8 Å². The van der Waals surface area contributed by atoms with E-state index in [9.17, 15) is 4.79 Å². The molecule has 1 aliphatic rings. The fourth-order valence-electron chi connectivity index (χ4n) is 1.43. The van der Waals surface area contributed by atoms with E-state index >= 15 is 0 Å². The van der Waals surface area contributed by atoms with Crippen LogP contribution in [0.1, 0.15) is 20.3 Å². The maximum Gasteiger partial charge on any atom is 0.244 e. The first kappa shape index (κ1) is 10.6. The summed E-state index contributed by atoms with van der Waals surface area (Å²) < 4.78 is 0. The van der Waals surface area contributed by atoms with Gasteiger partial charge in [-0.05, 0) is 12.2 Å². The number of hydrogen-bond donors (Lipinski definition) is 1. The van der Waals surface area contributed by atoms with Crippen LogP contribution in [-0.4, -0.2) is 29.8 Å². The molecule has 4 heteroatoms. The second-order valence-electron chi connectivity index (χ2n) is 3.17. The summed E-state index contributed by atoms with van der Waals surface area (Å²) in [5.41, 5.74) is 0. The summed E-state index contributed by atoms with van der Waals surface area (Å²) in [6, 6.07) is -0.144. The molecule has 1 aliphatic heterocycles. The molecule has 2 atom stereocenters. The van der Waals surface area contributed by atoms with Gasteiger partial charge in [0.2, 0.25) is 5.91 Å². The van der Waals surface area contributed by atoms with Gasteiger partial charge in [-0.2, -0.15) is 0 Å². The average Bonchev–Trinajstić information content (AvgIpc) is 2.47. The van der Waals surface area contributed by atoms with E-state index in [1.807, 2.05) is 0 Å². The minimum absolute atomic E-state index is 0.0403. The van der Waals surface area contributed by atoms with Crippen molar-refractivity contribution in [3.63, 3.8) is 0 Å². The van der Waals surface area contributed by atoms with Gasteiger partial charge in [-0.1, -0.05) is 13.8 Å². The second kappa shape index (κ2) is 4.65. The zero-order valence-corrected chi connectivity index (χ0v) is 9.15. The van der Waals surface area contributed by atoms with E-state index in [0.717, 1.165) is 17.2 Å². The van der Waals surface area contributed by atoms with Crippen molar-refractivity contribution in [2.45, 2.75) is 26.3 Å². The minimum Gasteiger partial charge on any atom is -0.357 e. The monoisotopic (exact) mass is 200 g/mol. The van der Waals surface area contributed by atoms with Gasteiger partial charge >= 0.3 is 0 Å². The zero-order valence-electron chi connectivity index (χ0n) is 8.33. The van der Waals surface area contributed by atoms with Gasteiger partial charge in [0.05, 0.1) is 5.04 Å². The molecule has 0 aliphatic carbocycles. The highest BCUT2D eigenvalue weighted by atomic mass is 32.2. The Labute approximate surface area is 83.4 Å². The molecule has 0 saturated carbocycles. The number of hydrogen-bond acceptors (Lipinski definition) is 3. The first-order valence-electron chi connectivity index (χ1n) is 4.61. The van der Waals surface area contributed by atoms with Crippen molar-refractivity contribution in [3.05, 3.63) is 0 Å². The van der Waals surface area contributed by atoms with E-state index in [2.05, 4.69) is 24.2 Å². The summed E-state index contributed by atoms with van der Waals surface area (Å²) in [5, 5.41) is 3.77. The van der Waals surface area contributed by atoms with Gasteiger partial charge in [0, 0.05) is 13.0 Å². The number of amides is 1. The Morgan fingerprint density at radius 1 is 1.77 bits per heavy atom. The average molecular weight is 200 g/mol. The van der Waals surface area contributed by atoms with Crippen LogP contribution in [0.4, 0.5) is 0 Å². The third-order valence-corrected chi connectivity index (χ3v) is 3.21. The Morgan fingerprint density at radius 2 is 2.46 bits per heavy atom. The molecule has 74 valence electrons. The van der Waals surface area contributed by atoms with E-state index in [0.29, 0.717) is 5.92 Å². The summed E-state index contributed by atoms with van der Waals surface area (Å²) in [5.74, 6) is 1.52. The molecule has 1 heterocycles. The number of carbonyl (C=O) groups excluding carboxylic acids is 1. The number of carbonyl (C=O) groups is 1. The lowest BCUT2D eigenvalue weighted by Gasteiger charge is -2.04. The van der Waals surface area contributed by atoms with E-state index in [1.54, 1.807) is 18.8 Å². The van der Waals surface area contributed by atoms with Crippen LogP contribution in [-0.2, 0) is 4.79 Å². The predicted molar refractivity (Wildman–Crippen MR) is 57.2 cm³/mol. The zero-order chi connectivity index (χ0) is 9.84. The highest BCUT2D eigenvalue weighted by Crippen LogP contribution is 2.26. The Bertz CT molecular complexity index is 228. The molecule has 0 spiro atoms. The van der Waals surface area contributed by atoms with Crippen molar-refractivity contribution in [1.29, 1.82) is 0 Å². The Balaban J connectivity index is 2.60. The van der Waals surface area contributed by atoms with E-state index in [4.69, 9.17) is 0 Å². The van der Waals surface area contributed by atoms with Gasteiger partial charge in [0.15, 0.2) is 0 Å². The summed E-state index contributed by atoms with van der Waals surface area (Å²) >= 11 is 1.75. The van der Waals surface area contributed by atoms with Gasteiger partial charge in [-0.3, -0.25) is 9.79 Å². The van der Waals surface area contributed by atoms with Crippen molar-refractivity contribution in [3.8, 4) is 0 Å². The van der Waals surface area contributed by atoms with Crippen molar-refractivity contribution >= 4 is 22.7 Å². The number of nitrogens with one attached hydrogen (secondary N) is 1. The van der Waals surface area contributed by atoms with Crippen LogP contribution in [0.25, 0.3) is 0 Å². The lowest BCUT2D eigenvalue weighted by atomic mass is 10.1. The molecule has 13 heavy (non-hydrogen) atoms. The lowest BCUT2D eigenvalue weighted by molar-refractivity contribution is -0.121. The van der Waals surface area contributed by atoms with Gasteiger partial charge in [-0.15, -0.1) is 11.8 Å². The highest BCUT2D eigenvalue weighted by molar-refractivity contribution is 8.13. The lowest BCUT2D eigenvalue weighted by Crippen LogP contribution is -2.29. The molecule has 0 bridgehead atoms. The molecule has 0 aromatic rings. The normalized spacial score (nSPS) is 27.2. The summed E-state index contributed by atoms with van der Waals surface area (Å²) in [4.78, 5) is 15.7. The Kier molecular flexibility index (Phi) is 3.78. The molecule has 1 N–H and O–H groups in total. The standard InChI is InChI=1S/C9H16N2OS/c1-4-13-9-6(2)5-7(11-9)8(12)10-3/h6-7H,4-5H2,1-3H3,(H,10,12)/t6?,7-/m0/s1. The van der Waals surface area contributed by atoms with Gasteiger partial charge in [0.1, 0.15) is 6.04 Å². The van der Waals surface area contributed by atoms with E-state index < -0.39 is 0 Å². The largest absolute Gasteiger partial charge is 0.357 e. The third-order valence-electron chi connectivity index (χ3n) is 2.12. The summed E-state index contributed by atoms with van der Waals surface area (Å²) in [6.45, 7) is 4.23. The maximum absolute atomic E-state index is 11.3. The van der Waals surface area contributed by atoms with Crippen LogP contribution in [0.15, 0.2) is 4.99 Å². The summed E-state index contributed by atoms with van der Waals surface area (Å²) in [6.07, 6.45) is 0.863. The number of aliphatic imine (C=N–C) groups is 1. The SMILES string of the molecule is CCSC1=N[C@H](C(=O)NC)CC1C. The fraction of sp³-hybridized carbons (Fsp3) is 0.778. The number of thioether (sulfide) groups is 1. The quantitative estimate of drug-likeness (QED) is 0.730. The van der Waals surface area contributed by atoms with Crippen molar-refractivity contribution < 1.29 is 4.79 Å². The molecular weight excluding hydrogens is 184 g/mol. The van der Waals surface area contributed by atoms with Crippen LogP contribution in [0.2, 0.25) is 0 Å². The molecule has 0 saturated heterocycles. The van der Waals surface area contributed by atoms with Crippen LogP contribution in [0.3, 0.4) is 0 Å². The van der Waals surface area contributed by atoms with Gasteiger partial charge in [0.25, 0.3) is 0 Å². The van der Waals surface area contributed by atoms with Gasteiger partial charge < -0.3 is 5.32 Å². The first-order chi connectivity index (χ1) is 6.19. The van der Waals surface area contributed by atoms with Crippen LogP contribution >= 0.6 is 11.8 Å². The molecule has 1 rings (SSSR count). The van der Waals surface area contributed by atoms with E-state index in [-0.39, 0.29) is 11.9 Å². The molecule has 3 nitrogen and oxygen atoms in total. The molecule has 0 radical (unpaired) electrons. The first-order valence-corrected chi connectivity index (χ1v) is 5.59. The van der Waals surface area contributed by atoms with Crippen LogP contribution in [0.5, 0.6) is 0 Å². The van der Waals surface area contributed by atoms with Crippen molar-refractivity contribution in [2.24, 2.45) is 10.9 Å². The Hall–Kier alpha value is -0.510. The molecule has 0 aromatic carbocycles. The smallest absolute Gasteiger partial charge is 0.244 e. The molecular formula is C9H16N2OS. The topological polar surface area (TPSA) is 41.5 Å². The van der Waals surface area contributed by atoms with Crippen LogP contribution < -0.4 is 5.32 Å². The van der Waals surface area contributed by atoms with Gasteiger partial charge in [-0.25, -0.2) is 0 Å². The third kappa shape index (κ3) is 2.46. The molecule has 1 unspecified atom stereocenters. The maximum atomic E-state index is 11.3. The fourth-order valence-corrected chi connectivity index (χ4v) is 2.31. The number of rotatable bonds is 2. The van der Waals surface area contributed by atoms with E-state index in [1.165, 1.54) is 0 Å². The molecule has 0 aromatic heterocycles. The number of nitrogens with zero attached hydrogens (tertiary/aromatic N) is 1.